The van der Waals surface area contributed by atoms with Crippen molar-refractivity contribution in [3.63, 3.8) is 0 Å². The van der Waals surface area contributed by atoms with Gasteiger partial charge in [-0.2, -0.15) is 5.26 Å². The molecule has 2 aromatic carbocycles. The summed E-state index contributed by atoms with van der Waals surface area (Å²) in [4.78, 5) is 0. The van der Waals surface area contributed by atoms with E-state index >= 15 is 0 Å². The quantitative estimate of drug-likeness (QED) is 0.415. The van der Waals surface area contributed by atoms with Gasteiger partial charge in [0.1, 0.15) is 0 Å². The Morgan fingerprint density at radius 1 is 1.16 bits per heavy atom. The minimum atomic E-state index is -0.523. The van der Waals surface area contributed by atoms with Gasteiger partial charge in [-0.05, 0) is 60.0 Å². The SMILES string of the molecule is CC(C)(C#N)c1cn(Cc2csc3ccc(Cl)cc23)c2ccccc12. The lowest BCUT2D eigenvalue weighted by molar-refractivity contribution is 0.686. The normalized spacial score (nSPS) is 11.9. The highest BCUT2D eigenvalue weighted by molar-refractivity contribution is 7.17. The predicted molar refractivity (Wildman–Crippen MR) is 107 cm³/mol. The number of thiophene rings is 1. The Morgan fingerprint density at radius 3 is 2.76 bits per heavy atom. The van der Waals surface area contributed by atoms with E-state index in [-0.39, 0.29) is 0 Å². The van der Waals surface area contributed by atoms with Crippen LogP contribution in [0.25, 0.3) is 21.0 Å². The van der Waals surface area contributed by atoms with E-state index in [0.29, 0.717) is 0 Å². The molecule has 0 amide bonds. The Bertz CT molecular complexity index is 1130. The molecule has 0 unspecified atom stereocenters. The molecule has 0 saturated heterocycles. The van der Waals surface area contributed by atoms with E-state index in [4.69, 9.17) is 11.6 Å². The summed E-state index contributed by atoms with van der Waals surface area (Å²) < 4.78 is 3.49. The predicted octanol–water partition coefficient (Wildman–Crippen LogP) is 6.36. The number of rotatable bonds is 3. The van der Waals surface area contributed by atoms with E-state index in [2.05, 4.69) is 40.4 Å². The van der Waals surface area contributed by atoms with E-state index in [0.717, 1.165) is 28.0 Å². The average molecular weight is 365 g/mol. The molecule has 2 heterocycles. The van der Waals surface area contributed by atoms with Gasteiger partial charge in [0.05, 0.1) is 11.5 Å². The summed E-state index contributed by atoms with van der Waals surface area (Å²) in [5, 5.41) is 14.9. The van der Waals surface area contributed by atoms with Crippen LogP contribution >= 0.6 is 22.9 Å². The molecule has 4 rings (SSSR count). The molecule has 0 fully saturated rings. The van der Waals surface area contributed by atoms with Crippen molar-refractivity contribution >= 4 is 43.9 Å². The van der Waals surface area contributed by atoms with Crippen molar-refractivity contribution in [3.05, 3.63) is 70.2 Å². The Balaban J connectivity index is 1.87. The maximum absolute atomic E-state index is 9.57. The lowest BCUT2D eigenvalue weighted by Crippen LogP contribution is -2.13. The zero-order chi connectivity index (χ0) is 17.6. The smallest absolute Gasteiger partial charge is 0.0787 e. The third kappa shape index (κ3) is 2.72. The molecule has 4 heteroatoms. The van der Waals surface area contributed by atoms with Crippen molar-refractivity contribution in [1.29, 1.82) is 5.26 Å². The maximum atomic E-state index is 9.57. The van der Waals surface area contributed by atoms with Crippen molar-refractivity contribution in [1.82, 2.24) is 4.57 Å². The second-order valence-electron chi connectivity index (χ2n) is 6.83. The van der Waals surface area contributed by atoms with Crippen molar-refractivity contribution in [2.45, 2.75) is 25.8 Å². The highest BCUT2D eigenvalue weighted by Crippen LogP contribution is 2.34. The third-order valence-electron chi connectivity index (χ3n) is 4.70. The van der Waals surface area contributed by atoms with Crippen LogP contribution in [0.2, 0.25) is 5.02 Å². The Kier molecular flexibility index (Phi) is 3.83. The summed E-state index contributed by atoms with van der Waals surface area (Å²) in [7, 11) is 0. The molecule has 2 nitrogen and oxygen atoms in total. The highest BCUT2D eigenvalue weighted by atomic mass is 35.5. The Labute approximate surface area is 155 Å². The first-order valence-electron chi connectivity index (χ1n) is 8.15. The molecule has 25 heavy (non-hydrogen) atoms. The molecule has 0 aliphatic carbocycles. The minimum Gasteiger partial charge on any atom is -0.343 e. The van der Waals surface area contributed by atoms with Crippen LogP contribution in [0, 0.1) is 11.3 Å². The first kappa shape index (κ1) is 16.2. The number of aromatic nitrogens is 1. The average Bonchev–Trinajstić information content (AvgIpc) is 3.18. The van der Waals surface area contributed by atoms with Crippen LogP contribution < -0.4 is 0 Å². The second-order valence-corrected chi connectivity index (χ2v) is 8.17. The second kappa shape index (κ2) is 5.91. The minimum absolute atomic E-state index is 0.523. The van der Waals surface area contributed by atoms with Crippen LogP contribution in [0.3, 0.4) is 0 Å². The molecule has 0 N–H and O–H groups in total. The molecule has 0 saturated carbocycles. The molecule has 0 aliphatic rings. The van der Waals surface area contributed by atoms with Gasteiger partial charge >= 0.3 is 0 Å². The molecule has 0 bridgehead atoms. The van der Waals surface area contributed by atoms with E-state index in [1.165, 1.54) is 15.6 Å². The maximum Gasteiger partial charge on any atom is 0.0787 e. The Morgan fingerprint density at radius 2 is 1.96 bits per heavy atom. The van der Waals surface area contributed by atoms with Gasteiger partial charge in [0.2, 0.25) is 0 Å². The fourth-order valence-corrected chi connectivity index (χ4v) is 4.40. The zero-order valence-electron chi connectivity index (χ0n) is 14.1. The zero-order valence-corrected chi connectivity index (χ0v) is 15.7. The fraction of sp³-hybridized carbons (Fsp3) is 0.190. The first-order chi connectivity index (χ1) is 12.0. The number of benzene rings is 2. The Hall–Kier alpha value is -2.28. The third-order valence-corrected chi connectivity index (χ3v) is 5.95. The van der Waals surface area contributed by atoms with Gasteiger partial charge in [-0.1, -0.05) is 29.8 Å². The molecule has 0 radical (unpaired) electrons. The summed E-state index contributed by atoms with van der Waals surface area (Å²) in [6, 6.07) is 16.8. The van der Waals surface area contributed by atoms with Gasteiger partial charge in [0, 0.05) is 33.4 Å². The summed E-state index contributed by atoms with van der Waals surface area (Å²) in [6.45, 7) is 4.71. The van der Waals surface area contributed by atoms with E-state index in [1.54, 1.807) is 11.3 Å². The summed E-state index contributed by atoms with van der Waals surface area (Å²) in [5.74, 6) is 0. The largest absolute Gasteiger partial charge is 0.343 e. The van der Waals surface area contributed by atoms with Gasteiger partial charge in [-0.15, -0.1) is 11.3 Å². The van der Waals surface area contributed by atoms with E-state index in [1.807, 2.05) is 38.1 Å². The van der Waals surface area contributed by atoms with Crippen LogP contribution in [-0.4, -0.2) is 4.57 Å². The van der Waals surface area contributed by atoms with Crippen LogP contribution in [0.5, 0.6) is 0 Å². The van der Waals surface area contributed by atoms with Gasteiger partial charge in [0.25, 0.3) is 0 Å². The molecular weight excluding hydrogens is 348 g/mol. The van der Waals surface area contributed by atoms with Crippen molar-refractivity contribution in [2.24, 2.45) is 0 Å². The molecule has 0 spiro atoms. The number of hydrogen-bond donors (Lipinski definition) is 0. The summed E-state index contributed by atoms with van der Waals surface area (Å²) in [5.41, 5.74) is 2.96. The topological polar surface area (TPSA) is 28.7 Å². The van der Waals surface area contributed by atoms with Crippen molar-refractivity contribution < 1.29 is 0 Å². The lowest BCUT2D eigenvalue weighted by atomic mass is 9.86. The highest BCUT2D eigenvalue weighted by Gasteiger charge is 2.25. The van der Waals surface area contributed by atoms with Gasteiger partial charge < -0.3 is 4.57 Å². The van der Waals surface area contributed by atoms with Crippen molar-refractivity contribution in [3.8, 4) is 6.07 Å². The fourth-order valence-electron chi connectivity index (χ4n) is 3.30. The summed E-state index contributed by atoms with van der Waals surface area (Å²) >= 11 is 7.93. The number of hydrogen-bond acceptors (Lipinski definition) is 2. The molecule has 124 valence electrons. The van der Waals surface area contributed by atoms with Gasteiger partial charge in [-0.3, -0.25) is 0 Å². The lowest BCUT2D eigenvalue weighted by Gasteiger charge is -2.13. The molecule has 4 aromatic rings. The van der Waals surface area contributed by atoms with Crippen LogP contribution in [-0.2, 0) is 12.0 Å². The standard InChI is InChI=1S/C21H17ClN2S/c1-21(2,13-23)18-11-24(19-6-4-3-5-16(18)19)10-14-12-25-20-8-7-15(22)9-17(14)20/h3-9,11-12H,10H2,1-2H3. The molecule has 0 aliphatic heterocycles. The molecule has 2 aromatic heterocycles. The van der Waals surface area contributed by atoms with E-state index < -0.39 is 5.41 Å². The van der Waals surface area contributed by atoms with E-state index in [9.17, 15) is 5.26 Å². The number of nitriles is 1. The monoisotopic (exact) mass is 364 g/mol. The first-order valence-corrected chi connectivity index (χ1v) is 9.40. The van der Waals surface area contributed by atoms with Gasteiger partial charge in [0.15, 0.2) is 0 Å². The molecular formula is C21H17ClN2S. The number of halogens is 1. The number of fused-ring (bicyclic) bond motifs is 2. The van der Waals surface area contributed by atoms with Crippen molar-refractivity contribution in [2.75, 3.05) is 0 Å². The number of nitrogens with zero attached hydrogens (tertiary/aromatic N) is 2. The summed E-state index contributed by atoms with van der Waals surface area (Å²) in [6.07, 6.45) is 2.13. The van der Waals surface area contributed by atoms with Crippen LogP contribution in [0.1, 0.15) is 25.0 Å². The molecule has 0 atom stereocenters. The number of para-hydroxylation sites is 1. The van der Waals surface area contributed by atoms with Gasteiger partial charge in [-0.25, -0.2) is 0 Å². The van der Waals surface area contributed by atoms with Crippen LogP contribution in [0.15, 0.2) is 54.0 Å². The van der Waals surface area contributed by atoms with Crippen LogP contribution in [0.4, 0.5) is 0 Å².